The van der Waals surface area contributed by atoms with Gasteiger partial charge in [-0.1, -0.05) is 12.8 Å². The second-order valence-electron chi connectivity index (χ2n) is 4.85. The maximum Gasteiger partial charge on any atom is 0.0483 e. The molecule has 0 radical (unpaired) electrons. The van der Waals surface area contributed by atoms with Crippen LogP contribution in [-0.4, -0.2) is 33.6 Å². The van der Waals surface area contributed by atoms with Crippen molar-refractivity contribution in [3.8, 4) is 0 Å². The van der Waals surface area contributed by atoms with E-state index >= 15 is 0 Å². The summed E-state index contributed by atoms with van der Waals surface area (Å²) < 4.78 is 0. The quantitative estimate of drug-likeness (QED) is 0.476. The normalized spacial score (nSPS) is 12.7. The number of aliphatic hydroxyl groups excluding tert-OH is 3. The Hall–Kier alpha value is 0.594. The molecule has 1 rings (SSSR count). The number of rotatable bonds is 0. The summed E-state index contributed by atoms with van der Waals surface area (Å²) in [6.07, 6.45) is 7.50. The van der Waals surface area contributed by atoms with Crippen molar-refractivity contribution in [1.82, 2.24) is 0 Å². The summed E-state index contributed by atoms with van der Waals surface area (Å²) in [6, 6.07) is 0. The molecule has 0 aromatic heterocycles. The van der Waals surface area contributed by atoms with E-state index in [2.05, 4.69) is 6.42 Å². The van der Waals surface area contributed by atoms with E-state index in [4.69, 9.17) is 15.3 Å². The maximum absolute atomic E-state index is 8.06. The van der Waals surface area contributed by atoms with Crippen molar-refractivity contribution in [2.45, 2.75) is 85.5 Å². The fraction of sp³-hybridized carbons (Fsp3) is 0.929. The predicted molar refractivity (Wildman–Crippen MR) is 74.8 cm³/mol. The molecule has 1 fully saturated rings. The van der Waals surface area contributed by atoms with Crippen molar-refractivity contribution in [3.63, 3.8) is 0 Å². The SMILES string of the molecule is CC(C)O.CC(C)O.CC(C)O.[CH-]1CCCC1.[Ti]. The Balaban J connectivity index is -0.0000000719. The molecule has 18 heavy (non-hydrogen) atoms. The van der Waals surface area contributed by atoms with Gasteiger partial charge in [0.15, 0.2) is 0 Å². The van der Waals surface area contributed by atoms with Crippen LogP contribution in [0.15, 0.2) is 0 Å². The van der Waals surface area contributed by atoms with E-state index in [1.54, 1.807) is 41.5 Å². The van der Waals surface area contributed by atoms with Crippen LogP contribution in [0.3, 0.4) is 0 Å². The van der Waals surface area contributed by atoms with Crippen LogP contribution in [0.25, 0.3) is 0 Å². The topological polar surface area (TPSA) is 60.7 Å². The molecule has 0 saturated heterocycles. The number of hydrogen-bond acceptors (Lipinski definition) is 3. The molecular formula is C14H33O3Ti-. The van der Waals surface area contributed by atoms with Crippen LogP contribution in [0, 0.1) is 6.42 Å². The van der Waals surface area contributed by atoms with Gasteiger partial charge in [-0.15, -0.1) is 0 Å². The van der Waals surface area contributed by atoms with E-state index in [0.717, 1.165) is 0 Å². The molecule has 0 spiro atoms. The standard InChI is InChI=1S/C5H9.3C3H8O.Ti/c1-2-4-5-3-1;3*1-3(2)4;/h1H,2-5H2;3*3-4H,1-2H3;/q-1;;;;. The van der Waals surface area contributed by atoms with Gasteiger partial charge in [0.1, 0.15) is 0 Å². The van der Waals surface area contributed by atoms with Gasteiger partial charge < -0.3 is 21.7 Å². The minimum absolute atomic E-state index is 0. The Morgan fingerprint density at radius 2 is 0.833 bits per heavy atom. The van der Waals surface area contributed by atoms with Gasteiger partial charge in [-0.3, -0.25) is 0 Å². The fourth-order valence-electron chi connectivity index (χ4n) is 0.722. The zero-order chi connectivity index (χ0) is 14.3. The van der Waals surface area contributed by atoms with Gasteiger partial charge in [0.05, 0.1) is 0 Å². The van der Waals surface area contributed by atoms with Gasteiger partial charge >= 0.3 is 0 Å². The van der Waals surface area contributed by atoms with E-state index < -0.39 is 0 Å². The monoisotopic (exact) mass is 297 g/mol. The van der Waals surface area contributed by atoms with Gasteiger partial charge in [0, 0.05) is 40.0 Å². The molecule has 4 heteroatoms. The molecule has 0 unspecified atom stereocenters. The first-order chi connectivity index (χ1) is 7.70. The van der Waals surface area contributed by atoms with Gasteiger partial charge in [-0.25, -0.2) is 0 Å². The third kappa shape index (κ3) is 129. The van der Waals surface area contributed by atoms with E-state index in [0.29, 0.717) is 0 Å². The third-order valence-corrected chi connectivity index (χ3v) is 1.07. The summed E-state index contributed by atoms with van der Waals surface area (Å²) >= 11 is 0. The molecule has 3 N–H and O–H groups in total. The minimum Gasteiger partial charge on any atom is -0.394 e. The van der Waals surface area contributed by atoms with Crippen molar-refractivity contribution in [2.75, 3.05) is 0 Å². The van der Waals surface area contributed by atoms with E-state index in [1.165, 1.54) is 25.7 Å². The van der Waals surface area contributed by atoms with Gasteiger partial charge in [-0.05, 0) is 41.5 Å². The van der Waals surface area contributed by atoms with Crippen molar-refractivity contribution in [1.29, 1.82) is 0 Å². The molecule has 0 bridgehead atoms. The van der Waals surface area contributed by atoms with Crippen LogP contribution in [0.1, 0.15) is 67.2 Å². The number of hydrogen-bond donors (Lipinski definition) is 3. The van der Waals surface area contributed by atoms with E-state index in [-0.39, 0.29) is 40.0 Å². The van der Waals surface area contributed by atoms with Crippen molar-refractivity contribution in [3.05, 3.63) is 6.42 Å². The Morgan fingerprint density at radius 3 is 0.889 bits per heavy atom. The molecule has 0 heterocycles. The summed E-state index contributed by atoms with van der Waals surface area (Å²) in [5.74, 6) is 0. The molecule has 0 aromatic carbocycles. The largest absolute Gasteiger partial charge is 0.394 e. The molecule has 0 aromatic rings. The first-order valence-electron chi connectivity index (χ1n) is 6.56. The summed E-state index contributed by atoms with van der Waals surface area (Å²) in [4.78, 5) is 0. The van der Waals surface area contributed by atoms with Gasteiger partial charge in [-0.2, -0.15) is 12.8 Å². The first-order valence-corrected chi connectivity index (χ1v) is 6.56. The van der Waals surface area contributed by atoms with Crippen LogP contribution in [0.2, 0.25) is 0 Å². The van der Waals surface area contributed by atoms with Crippen molar-refractivity contribution in [2.24, 2.45) is 0 Å². The summed E-state index contributed by atoms with van der Waals surface area (Å²) in [6.45, 7) is 10.3. The van der Waals surface area contributed by atoms with E-state index in [9.17, 15) is 0 Å². The Kier molecular flexibility index (Phi) is 34.2. The Labute approximate surface area is 129 Å². The fourth-order valence-corrected chi connectivity index (χ4v) is 0.722. The average molecular weight is 297 g/mol. The Morgan fingerprint density at radius 1 is 0.667 bits per heavy atom. The van der Waals surface area contributed by atoms with Crippen molar-refractivity contribution < 1.29 is 37.0 Å². The van der Waals surface area contributed by atoms with Gasteiger partial charge in [0.2, 0.25) is 0 Å². The summed E-state index contributed by atoms with van der Waals surface area (Å²) in [5.41, 5.74) is 0. The van der Waals surface area contributed by atoms with Crippen LogP contribution in [0.4, 0.5) is 0 Å². The summed E-state index contributed by atoms with van der Waals surface area (Å²) in [5, 5.41) is 24.2. The zero-order valence-corrected chi connectivity index (χ0v) is 14.5. The minimum atomic E-state index is -0.167. The molecule has 3 nitrogen and oxygen atoms in total. The molecule has 0 atom stereocenters. The first kappa shape index (κ1) is 27.0. The predicted octanol–water partition coefficient (Wildman–Crippen LogP) is 2.92. The van der Waals surface area contributed by atoms with Crippen LogP contribution in [0.5, 0.6) is 0 Å². The molecule has 1 saturated carbocycles. The van der Waals surface area contributed by atoms with Gasteiger partial charge in [0.25, 0.3) is 0 Å². The summed E-state index contributed by atoms with van der Waals surface area (Å²) in [7, 11) is 0. The molecule has 112 valence electrons. The number of aliphatic hydroxyl groups is 3. The van der Waals surface area contributed by atoms with Crippen LogP contribution in [-0.2, 0) is 21.7 Å². The Bertz CT molecular complexity index is 83.5. The zero-order valence-electron chi connectivity index (χ0n) is 13.0. The molecule has 0 aliphatic heterocycles. The van der Waals surface area contributed by atoms with Crippen molar-refractivity contribution >= 4 is 0 Å². The molecular weight excluding hydrogens is 264 g/mol. The molecule has 1 aliphatic carbocycles. The third-order valence-electron chi connectivity index (χ3n) is 1.07. The van der Waals surface area contributed by atoms with Crippen LogP contribution >= 0.6 is 0 Å². The van der Waals surface area contributed by atoms with Crippen LogP contribution < -0.4 is 0 Å². The molecule has 0 amide bonds. The van der Waals surface area contributed by atoms with E-state index in [1.807, 2.05) is 0 Å². The smallest absolute Gasteiger partial charge is 0.0483 e. The second kappa shape index (κ2) is 22.7. The second-order valence-corrected chi connectivity index (χ2v) is 4.85. The average Bonchev–Trinajstić information content (AvgIpc) is 2.53. The molecule has 1 aliphatic rings. The maximum atomic E-state index is 8.06.